The highest BCUT2D eigenvalue weighted by molar-refractivity contribution is 5.42. The van der Waals surface area contributed by atoms with Crippen LogP contribution in [0.4, 0.5) is 0 Å². The van der Waals surface area contributed by atoms with Gasteiger partial charge >= 0.3 is 0 Å². The Morgan fingerprint density at radius 1 is 1.23 bits per heavy atom. The maximum atomic E-state index is 9.48. The highest BCUT2D eigenvalue weighted by atomic mass is 16.7. The molecule has 1 aromatic rings. The number of nitrogens with zero attached hydrogens (tertiary/aromatic N) is 2. The van der Waals surface area contributed by atoms with Gasteiger partial charge in [0.25, 0.3) is 0 Å². The van der Waals surface area contributed by atoms with Crippen molar-refractivity contribution in [1.29, 1.82) is 5.26 Å². The van der Waals surface area contributed by atoms with Crippen molar-refractivity contribution in [3.05, 3.63) is 35.4 Å². The van der Waals surface area contributed by atoms with Gasteiger partial charge in [-0.1, -0.05) is 32.0 Å². The Hall–Kier alpha value is -1.37. The van der Waals surface area contributed by atoms with Crippen LogP contribution >= 0.6 is 0 Å². The van der Waals surface area contributed by atoms with Crippen molar-refractivity contribution in [2.24, 2.45) is 11.8 Å². The van der Waals surface area contributed by atoms with Crippen LogP contribution in [0.5, 0.6) is 0 Å². The molecule has 118 valence electrons. The van der Waals surface area contributed by atoms with E-state index >= 15 is 0 Å². The van der Waals surface area contributed by atoms with Crippen LogP contribution in [-0.2, 0) is 10.3 Å². The highest BCUT2D eigenvalue weighted by Crippen LogP contribution is 2.53. The minimum absolute atomic E-state index is 0.0404. The van der Waals surface area contributed by atoms with Gasteiger partial charge in [0.2, 0.25) is 0 Å². The number of benzene rings is 1. The molecule has 0 unspecified atom stereocenters. The van der Waals surface area contributed by atoms with E-state index in [0.717, 1.165) is 18.4 Å². The highest BCUT2D eigenvalue weighted by Gasteiger charge is 2.55. The molecule has 3 rings (SSSR count). The van der Waals surface area contributed by atoms with E-state index in [2.05, 4.69) is 58.0 Å². The second kappa shape index (κ2) is 5.08. The van der Waals surface area contributed by atoms with Gasteiger partial charge in [-0.25, -0.2) is 0 Å². The Morgan fingerprint density at radius 2 is 1.91 bits per heavy atom. The molecule has 1 aromatic carbocycles. The summed E-state index contributed by atoms with van der Waals surface area (Å²) in [6.45, 7) is 9.04. The molecule has 0 spiro atoms. The first-order valence-electron chi connectivity index (χ1n) is 8.20. The Labute approximate surface area is 133 Å². The Kier molecular flexibility index (Phi) is 3.58. The normalized spacial score (nSPS) is 37.5. The number of fused-ring (bicyclic) bond motifs is 1. The molecule has 4 atom stereocenters. The molecule has 1 aliphatic heterocycles. The summed E-state index contributed by atoms with van der Waals surface area (Å²) in [5.74, 6) is 1.03. The Morgan fingerprint density at radius 3 is 2.59 bits per heavy atom. The first kappa shape index (κ1) is 15.5. The van der Waals surface area contributed by atoms with Gasteiger partial charge in [0.15, 0.2) is 0 Å². The molecule has 0 amide bonds. The van der Waals surface area contributed by atoms with Gasteiger partial charge in [-0.15, -0.1) is 0 Å². The van der Waals surface area contributed by atoms with Crippen LogP contribution in [0.1, 0.15) is 51.7 Å². The van der Waals surface area contributed by atoms with Crippen molar-refractivity contribution in [2.75, 3.05) is 7.05 Å². The monoisotopic (exact) mass is 298 g/mol. The maximum absolute atomic E-state index is 9.48. The van der Waals surface area contributed by atoms with Crippen LogP contribution in [0.2, 0.25) is 0 Å². The topological polar surface area (TPSA) is 36.3 Å². The Bertz CT molecular complexity index is 618. The molecule has 0 aromatic heterocycles. The fourth-order valence-corrected chi connectivity index (χ4v) is 5.01. The third kappa shape index (κ3) is 2.26. The second-order valence-corrected chi connectivity index (χ2v) is 7.94. The summed E-state index contributed by atoms with van der Waals surface area (Å²) < 4.78 is 0. The summed E-state index contributed by atoms with van der Waals surface area (Å²) >= 11 is 0. The quantitative estimate of drug-likeness (QED) is 0.789. The molecular formula is C19H26N2O. The summed E-state index contributed by atoms with van der Waals surface area (Å²) in [5.41, 5.74) is 1.92. The van der Waals surface area contributed by atoms with Gasteiger partial charge in [0, 0.05) is 19.0 Å². The zero-order valence-electron chi connectivity index (χ0n) is 14.3. The van der Waals surface area contributed by atoms with Crippen LogP contribution in [0.25, 0.3) is 0 Å². The second-order valence-electron chi connectivity index (χ2n) is 7.94. The molecule has 1 aliphatic carbocycles. The van der Waals surface area contributed by atoms with Gasteiger partial charge in [-0.2, -0.15) is 10.3 Å². The first-order chi connectivity index (χ1) is 10.3. The van der Waals surface area contributed by atoms with Crippen LogP contribution in [-0.4, -0.2) is 23.8 Å². The predicted molar refractivity (Wildman–Crippen MR) is 87.1 cm³/mol. The van der Waals surface area contributed by atoms with Crippen molar-refractivity contribution >= 4 is 0 Å². The predicted octanol–water partition coefficient (Wildman–Crippen LogP) is 3.89. The van der Waals surface area contributed by atoms with Crippen molar-refractivity contribution in [1.82, 2.24) is 5.06 Å². The number of nitriles is 1. The van der Waals surface area contributed by atoms with E-state index in [0.29, 0.717) is 17.9 Å². The summed E-state index contributed by atoms with van der Waals surface area (Å²) in [7, 11) is 2.06. The van der Waals surface area contributed by atoms with Gasteiger partial charge in [-0.3, -0.25) is 4.84 Å². The molecule has 0 radical (unpaired) electrons. The molecule has 2 fully saturated rings. The van der Waals surface area contributed by atoms with Gasteiger partial charge < -0.3 is 0 Å². The lowest BCUT2D eigenvalue weighted by Gasteiger charge is -2.46. The summed E-state index contributed by atoms with van der Waals surface area (Å²) in [4.78, 5) is 6.12. The van der Waals surface area contributed by atoms with Gasteiger partial charge in [-0.05, 0) is 49.7 Å². The molecule has 2 aliphatic rings. The SMILES string of the molecule is C[C@H]1C[C@@](C)(c2ccccc2C#N)C[C@@H]2[C@@H]1N(C)OC2(C)C. The van der Waals surface area contributed by atoms with E-state index in [1.165, 1.54) is 5.56 Å². The van der Waals surface area contributed by atoms with Crippen molar-refractivity contribution < 1.29 is 4.84 Å². The summed E-state index contributed by atoms with van der Waals surface area (Å²) in [5, 5.41) is 11.6. The van der Waals surface area contributed by atoms with Crippen LogP contribution in [0, 0.1) is 23.2 Å². The molecular weight excluding hydrogens is 272 g/mol. The molecule has 3 heteroatoms. The first-order valence-corrected chi connectivity index (χ1v) is 8.20. The molecule has 1 heterocycles. The molecule has 22 heavy (non-hydrogen) atoms. The maximum Gasteiger partial charge on any atom is 0.0994 e. The van der Waals surface area contributed by atoms with Gasteiger partial charge in [0.05, 0.1) is 17.2 Å². The van der Waals surface area contributed by atoms with Crippen LogP contribution < -0.4 is 0 Å². The van der Waals surface area contributed by atoms with Crippen molar-refractivity contribution in [2.45, 2.75) is 57.6 Å². The summed E-state index contributed by atoms with van der Waals surface area (Å²) in [6.07, 6.45) is 2.16. The minimum atomic E-state index is -0.142. The lowest BCUT2D eigenvalue weighted by molar-refractivity contribution is -0.182. The van der Waals surface area contributed by atoms with E-state index in [-0.39, 0.29) is 11.0 Å². The van der Waals surface area contributed by atoms with Crippen LogP contribution in [0.3, 0.4) is 0 Å². The van der Waals surface area contributed by atoms with Crippen LogP contribution in [0.15, 0.2) is 24.3 Å². The lowest BCUT2D eigenvalue weighted by atomic mass is 9.58. The third-order valence-corrected chi connectivity index (χ3v) is 5.83. The van der Waals surface area contributed by atoms with E-state index in [1.54, 1.807) is 0 Å². The molecule has 1 saturated heterocycles. The average molecular weight is 298 g/mol. The average Bonchev–Trinajstić information content (AvgIpc) is 2.68. The molecule has 0 bridgehead atoms. The third-order valence-electron chi connectivity index (χ3n) is 5.83. The molecule has 1 saturated carbocycles. The van der Waals surface area contributed by atoms with E-state index in [1.807, 2.05) is 12.1 Å². The van der Waals surface area contributed by atoms with E-state index in [4.69, 9.17) is 4.84 Å². The lowest BCUT2D eigenvalue weighted by Crippen LogP contribution is -2.48. The number of hydrogen-bond donors (Lipinski definition) is 0. The Balaban J connectivity index is 2.02. The number of hydroxylamine groups is 2. The zero-order valence-corrected chi connectivity index (χ0v) is 14.3. The molecule has 0 N–H and O–H groups in total. The zero-order chi connectivity index (χ0) is 16.1. The number of hydrogen-bond acceptors (Lipinski definition) is 3. The van der Waals surface area contributed by atoms with Gasteiger partial charge in [0.1, 0.15) is 0 Å². The smallest absolute Gasteiger partial charge is 0.0994 e. The van der Waals surface area contributed by atoms with E-state index in [9.17, 15) is 5.26 Å². The minimum Gasteiger partial charge on any atom is -0.293 e. The largest absolute Gasteiger partial charge is 0.293 e. The summed E-state index contributed by atoms with van der Waals surface area (Å²) in [6, 6.07) is 10.9. The van der Waals surface area contributed by atoms with Crippen molar-refractivity contribution in [3.63, 3.8) is 0 Å². The number of rotatable bonds is 1. The van der Waals surface area contributed by atoms with E-state index < -0.39 is 0 Å². The fraction of sp³-hybridized carbons (Fsp3) is 0.632. The van der Waals surface area contributed by atoms with Crippen molar-refractivity contribution in [3.8, 4) is 6.07 Å². The fourth-order valence-electron chi connectivity index (χ4n) is 5.01. The molecule has 3 nitrogen and oxygen atoms in total. The standard InChI is InChI=1S/C19H26N2O/c1-13-10-19(4,15-9-7-6-8-14(15)12-20)11-16-17(13)21(5)22-18(16,2)3/h6-9,13,16-17H,10-11H2,1-5H3/t13-,16+,17+,19+/m0/s1.